The number of carbonyl (C=O) groups is 1. The van der Waals surface area contributed by atoms with Crippen molar-refractivity contribution in [1.29, 1.82) is 0 Å². The Balaban J connectivity index is 1.46. The van der Waals surface area contributed by atoms with Crippen LogP contribution in [-0.2, 0) is 11.2 Å². The van der Waals surface area contributed by atoms with E-state index in [0.717, 1.165) is 23.6 Å². The molecular formula is C24H26N2O3. The van der Waals surface area contributed by atoms with Crippen molar-refractivity contribution >= 4 is 17.3 Å². The monoisotopic (exact) mass is 390 g/mol. The van der Waals surface area contributed by atoms with Crippen molar-refractivity contribution in [2.75, 3.05) is 30.4 Å². The van der Waals surface area contributed by atoms with Gasteiger partial charge in [0.05, 0.1) is 19.8 Å². The summed E-state index contributed by atoms with van der Waals surface area (Å²) in [6.45, 7) is 3.27. The molecule has 0 radical (unpaired) electrons. The Labute approximate surface area is 171 Å². The van der Waals surface area contributed by atoms with Crippen molar-refractivity contribution in [2.45, 2.75) is 13.3 Å². The Hall–Kier alpha value is -3.47. The van der Waals surface area contributed by atoms with Crippen LogP contribution in [0.2, 0.25) is 0 Å². The first-order chi connectivity index (χ1) is 14.2. The van der Waals surface area contributed by atoms with Gasteiger partial charge >= 0.3 is 0 Å². The van der Waals surface area contributed by atoms with Gasteiger partial charge < -0.3 is 20.1 Å². The largest absolute Gasteiger partial charge is 0.494 e. The molecule has 0 spiro atoms. The van der Waals surface area contributed by atoms with Gasteiger partial charge in [-0.05, 0) is 36.8 Å². The maximum absolute atomic E-state index is 12.2. The molecule has 2 N–H and O–H groups in total. The second-order valence-corrected chi connectivity index (χ2v) is 6.47. The fourth-order valence-corrected chi connectivity index (χ4v) is 2.85. The molecule has 0 aliphatic heterocycles. The van der Waals surface area contributed by atoms with Crippen LogP contribution in [0.1, 0.15) is 12.5 Å². The normalized spacial score (nSPS) is 10.2. The first kappa shape index (κ1) is 20.3. The van der Waals surface area contributed by atoms with Gasteiger partial charge in [0.25, 0.3) is 0 Å². The lowest BCUT2D eigenvalue weighted by atomic mass is 10.2. The summed E-state index contributed by atoms with van der Waals surface area (Å²) in [6.07, 6.45) is 0.849. The topological polar surface area (TPSA) is 59.6 Å². The predicted octanol–water partition coefficient (Wildman–Crippen LogP) is 4.76. The van der Waals surface area contributed by atoms with Gasteiger partial charge in [0.15, 0.2) is 0 Å². The van der Waals surface area contributed by atoms with E-state index >= 15 is 0 Å². The van der Waals surface area contributed by atoms with Crippen molar-refractivity contribution < 1.29 is 14.3 Å². The number of hydrogen-bond donors (Lipinski definition) is 2. The molecule has 3 aromatic rings. The summed E-state index contributed by atoms with van der Waals surface area (Å²) in [7, 11) is 0. The molecule has 150 valence electrons. The fourth-order valence-electron chi connectivity index (χ4n) is 2.85. The molecule has 0 atom stereocenters. The Kier molecular flexibility index (Phi) is 7.52. The van der Waals surface area contributed by atoms with Crippen LogP contribution in [0.3, 0.4) is 0 Å². The summed E-state index contributed by atoms with van der Waals surface area (Å²) in [5.74, 6) is 1.38. The molecule has 0 aliphatic carbocycles. The molecule has 0 saturated carbocycles. The Bertz CT molecular complexity index is 913. The molecule has 0 fully saturated rings. The molecule has 3 rings (SSSR count). The third kappa shape index (κ3) is 6.88. The zero-order chi connectivity index (χ0) is 20.3. The Morgan fingerprint density at radius 3 is 2.28 bits per heavy atom. The van der Waals surface area contributed by atoms with Crippen LogP contribution in [0, 0.1) is 0 Å². The van der Waals surface area contributed by atoms with Crippen molar-refractivity contribution in [2.24, 2.45) is 0 Å². The number of benzene rings is 3. The molecule has 5 nitrogen and oxygen atoms in total. The van der Waals surface area contributed by atoms with Crippen molar-refractivity contribution in [1.82, 2.24) is 0 Å². The maximum atomic E-state index is 12.2. The number of ether oxygens (including phenoxy) is 2. The summed E-state index contributed by atoms with van der Waals surface area (Å²) in [5.41, 5.74) is 2.79. The molecular weight excluding hydrogens is 364 g/mol. The third-order valence-corrected chi connectivity index (χ3v) is 4.22. The lowest BCUT2D eigenvalue weighted by Gasteiger charge is -2.11. The molecule has 0 bridgehead atoms. The molecule has 0 aliphatic rings. The Morgan fingerprint density at radius 1 is 0.828 bits per heavy atom. The van der Waals surface area contributed by atoms with Gasteiger partial charge in [-0.2, -0.15) is 0 Å². The van der Waals surface area contributed by atoms with Gasteiger partial charge in [0.1, 0.15) is 11.5 Å². The van der Waals surface area contributed by atoms with E-state index in [1.165, 1.54) is 5.56 Å². The second kappa shape index (κ2) is 10.8. The van der Waals surface area contributed by atoms with E-state index in [0.29, 0.717) is 18.9 Å². The highest BCUT2D eigenvalue weighted by Crippen LogP contribution is 2.19. The smallest absolute Gasteiger partial charge is 0.243 e. The molecule has 1 amide bonds. The Morgan fingerprint density at radius 2 is 1.52 bits per heavy atom. The van der Waals surface area contributed by atoms with Crippen LogP contribution in [0.5, 0.6) is 11.5 Å². The van der Waals surface area contributed by atoms with Gasteiger partial charge in [0, 0.05) is 29.9 Å². The molecule has 0 saturated heterocycles. The quantitative estimate of drug-likeness (QED) is 0.524. The number of rotatable bonds is 10. The highest BCUT2D eigenvalue weighted by Gasteiger charge is 2.04. The zero-order valence-corrected chi connectivity index (χ0v) is 16.6. The number of carbonyl (C=O) groups excluding carboxylic acids is 1. The molecule has 0 heterocycles. The molecule has 5 heteroatoms. The van der Waals surface area contributed by atoms with Crippen LogP contribution in [0.4, 0.5) is 11.4 Å². The highest BCUT2D eigenvalue weighted by molar-refractivity contribution is 5.93. The van der Waals surface area contributed by atoms with Gasteiger partial charge in [-0.25, -0.2) is 0 Å². The summed E-state index contributed by atoms with van der Waals surface area (Å²) in [6, 6.07) is 25.2. The first-order valence-electron chi connectivity index (χ1n) is 9.76. The summed E-state index contributed by atoms with van der Waals surface area (Å²) in [5, 5.41) is 6.00. The average Bonchev–Trinajstić information content (AvgIpc) is 2.74. The van der Waals surface area contributed by atoms with Crippen LogP contribution >= 0.6 is 0 Å². The van der Waals surface area contributed by atoms with Crippen LogP contribution < -0.4 is 20.1 Å². The van der Waals surface area contributed by atoms with E-state index in [1.807, 2.05) is 73.7 Å². The number of amides is 1. The lowest BCUT2D eigenvalue weighted by Crippen LogP contribution is -2.21. The van der Waals surface area contributed by atoms with E-state index in [4.69, 9.17) is 9.47 Å². The third-order valence-electron chi connectivity index (χ3n) is 4.22. The van der Waals surface area contributed by atoms with Crippen molar-refractivity contribution in [3.8, 4) is 11.5 Å². The maximum Gasteiger partial charge on any atom is 0.243 e. The fraction of sp³-hybridized carbons (Fsp3) is 0.208. The van der Waals surface area contributed by atoms with E-state index in [2.05, 4.69) is 22.8 Å². The van der Waals surface area contributed by atoms with E-state index < -0.39 is 0 Å². The second-order valence-electron chi connectivity index (χ2n) is 6.47. The van der Waals surface area contributed by atoms with Crippen molar-refractivity contribution in [3.63, 3.8) is 0 Å². The summed E-state index contributed by atoms with van der Waals surface area (Å²) < 4.78 is 11.3. The van der Waals surface area contributed by atoms with Crippen molar-refractivity contribution in [3.05, 3.63) is 84.4 Å². The average molecular weight is 390 g/mol. The summed E-state index contributed by atoms with van der Waals surface area (Å²) >= 11 is 0. The minimum Gasteiger partial charge on any atom is -0.494 e. The SMILES string of the molecule is CCOc1cccc(NC(=O)CNc2cccc(OCCc3ccccc3)c2)c1. The van der Waals surface area contributed by atoms with E-state index in [9.17, 15) is 4.79 Å². The minimum atomic E-state index is -0.131. The standard InChI is InChI=1S/C24H26N2O3/c1-2-28-22-12-7-11-21(17-22)26-24(27)18-25-20-10-6-13-23(16-20)29-15-14-19-8-4-3-5-9-19/h3-13,16-17,25H,2,14-15,18H2,1H3,(H,26,27). The number of anilines is 2. The highest BCUT2D eigenvalue weighted by atomic mass is 16.5. The number of nitrogens with one attached hydrogen (secondary N) is 2. The summed E-state index contributed by atoms with van der Waals surface area (Å²) in [4.78, 5) is 12.2. The van der Waals surface area contributed by atoms with Crippen LogP contribution in [0.25, 0.3) is 0 Å². The first-order valence-corrected chi connectivity index (χ1v) is 9.76. The van der Waals surface area contributed by atoms with Gasteiger partial charge in [-0.1, -0.05) is 42.5 Å². The molecule has 29 heavy (non-hydrogen) atoms. The van der Waals surface area contributed by atoms with Gasteiger partial charge in [-0.15, -0.1) is 0 Å². The zero-order valence-electron chi connectivity index (χ0n) is 16.6. The van der Waals surface area contributed by atoms with E-state index in [-0.39, 0.29) is 12.5 Å². The van der Waals surface area contributed by atoms with E-state index in [1.54, 1.807) is 0 Å². The van der Waals surface area contributed by atoms with Gasteiger partial charge in [0.2, 0.25) is 5.91 Å². The molecule has 0 unspecified atom stereocenters. The number of hydrogen-bond acceptors (Lipinski definition) is 4. The van der Waals surface area contributed by atoms with Crippen LogP contribution in [-0.4, -0.2) is 25.7 Å². The lowest BCUT2D eigenvalue weighted by molar-refractivity contribution is -0.114. The minimum absolute atomic E-state index is 0.131. The predicted molar refractivity (Wildman–Crippen MR) is 117 cm³/mol. The molecule has 3 aromatic carbocycles. The molecule has 0 aromatic heterocycles. The van der Waals surface area contributed by atoms with Crippen LogP contribution in [0.15, 0.2) is 78.9 Å². The van der Waals surface area contributed by atoms with Gasteiger partial charge in [-0.3, -0.25) is 4.79 Å².